The molecule has 0 aliphatic carbocycles. The van der Waals surface area contributed by atoms with Gasteiger partial charge in [-0.2, -0.15) is 0 Å². The van der Waals surface area contributed by atoms with Crippen LogP contribution in [0.1, 0.15) is 0 Å². The van der Waals surface area contributed by atoms with Crippen LogP contribution in [-0.2, 0) is 4.74 Å². The monoisotopic (exact) mass is 459 g/mol. The first-order valence-electron chi connectivity index (χ1n) is 11.3. The summed E-state index contributed by atoms with van der Waals surface area (Å²) >= 11 is 0. The average Bonchev–Trinajstić information content (AvgIpc) is 3.38. The van der Waals surface area contributed by atoms with Crippen molar-refractivity contribution in [3.63, 3.8) is 0 Å². The molecule has 4 aromatic rings. The number of anilines is 4. The minimum atomic E-state index is 0.612. The van der Waals surface area contributed by atoms with E-state index >= 15 is 0 Å². The number of hydrogen-bond acceptors (Lipinski definition) is 9. The summed E-state index contributed by atoms with van der Waals surface area (Å²) in [4.78, 5) is 16.1. The molecule has 1 aromatic carbocycles. The molecule has 174 valence electrons. The Labute approximate surface area is 196 Å². The van der Waals surface area contributed by atoms with Gasteiger partial charge in [-0.25, -0.2) is 15.0 Å². The van der Waals surface area contributed by atoms with Crippen molar-refractivity contribution in [2.45, 2.75) is 0 Å². The lowest BCUT2D eigenvalue weighted by Crippen LogP contribution is -2.36. The topological polar surface area (TPSA) is 98.1 Å². The molecule has 1 saturated heterocycles. The number of nitrogens with zero attached hydrogens (tertiary/aromatic N) is 5. The number of nitrogens with one attached hydrogen (secondary N) is 2. The highest BCUT2D eigenvalue weighted by molar-refractivity contribution is 5.77. The number of imidazole rings is 1. The summed E-state index contributed by atoms with van der Waals surface area (Å²) in [6.45, 7) is 4.49. The van der Waals surface area contributed by atoms with E-state index in [9.17, 15) is 0 Å². The van der Waals surface area contributed by atoms with E-state index in [1.54, 1.807) is 19.5 Å². The van der Waals surface area contributed by atoms with Gasteiger partial charge < -0.3 is 34.1 Å². The molecule has 2 aliphatic rings. The molecule has 2 N–H and O–H groups in total. The molecule has 1 fully saturated rings. The third-order valence-electron chi connectivity index (χ3n) is 5.97. The number of pyridine rings is 1. The maximum atomic E-state index is 5.70. The molecule has 6 rings (SSSR count). The van der Waals surface area contributed by atoms with Crippen LogP contribution in [0.2, 0.25) is 0 Å². The second-order valence-electron chi connectivity index (χ2n) is 8.10. The van der Waals surface area contributed by atoms with Gasteiger partial charge in [0.2, 0.25) is 5.88 Å². The fourth-order valence-electron chi connectivity index (χ4n) is 4.28. The lowest BCUT2D eigenvalue weighted by Gasteiger charge is -2.30. The molecular weight excluding hydrogens is 434 g/mol. The largest absolute Gasteiger partial charge is 0.495 e. The Bertz CT molecular complexity index is 1330. The van der Waals surface area contributed by atoms with Crippen LogP contribution in [0.15, 0.2) is 49.1 Å². The van der Waals surface area contributed by atoms with Gasteiger partial charge >= 0.3 is 0 Å². The predicted octanol–water partition coefficient (Wildman–Crippen LogP) is 3.18. The van der Waals surface area contributed by atoms with Crippen LogP contribution in [0.5, 0.6) is 11.6 Å². The van der Waals surface area contributed by atoms with E-state index in [0.717, 1.165) is 72.6 Å². The molecule has 0 radical (unpaired) electrons. The normalized spacial score (nSPS) is 15.4. The first-order valence-corrected chi connectivity index (χ1v) is 11.3. The standard InChI is InChI=1S/C24H25N7O3/c1-32-21-13-17(2-3-20(21)30-7-10-33-11-8-30)28-22-23-26-4-6-31(23)15-19(29-22)16-12-18-24(27-14-16)34-9-5-25-18/h2-4,6,12-15,25H,5,7-11H2,1H3,(H,28,29). The van der Waals surface area contributed by atoms with E-state index in [4.69, 9.17) is 19.2 Å². The highest BCUT2D eigenvalue weighted by Gasteiger charge is 2.18. The Balaban J connectivity index is 1.35. The number of rotatable bonds is 5. The predicted molar refractivity (Wildman–Crippen MR) is 130 cm³/mol. The van der Waals surface area contributed by atoms with E-state index in [1.165, 1.54) is 0 Å². The van der Waals surface area contributed by atoms with Gasteiger partial charge in [0.25, 0.3) is 0 Å². The Morgan fingerprint density at radius 3 is 2.91 bits per heavy atom. The molecule has 0 atom stereocenters. The Morgan fingerprint density at radius 1 is 1.12 bits per heavy atom. The van der Waals surface area contributed by atoms with Gasteiger partial charge in [0.05, 0.1) is 37.4 Å². The van der Waals surface area contributed by atoms with Crippen LogP contribution in [0.4, 0.5) is 22.9 Å². The van der Waals surface area contributed by atoms with Gasteiger partial charge in [-0.1, -0.05) is 0 Å². The van der Waals surface area contributed by atoms with Crippen LogP contribution in [0.25, 0.3) is 16.9 Å². The van der Waals surface area contributed by atoms with Crippen molar-refractivity contribution < 1.29 is 14.2 Å². The highest BCUT2D eigenvalue weighted by Crippen LogP contribution is 2.34. The van der Waals surface area contributed by atoms with Gasteiger partial charge in [0.1, 0.15) is 12.4 Å². The first-order chi connectivity index (χ1) is 16.8. The van der Waals surface area contributed by atoms with Gasteiger partial charge in [0.15, 0.2) is 11.5 Å². The van der Waals surface area contributed by atoms with Crippen LogP contribution >= 0.6 is 0 Å². The highest BCUT2D eigenvalue weighted by atomic mass is 16.5. The van der Waals surface area contributed by atoms with Crippen LogP contribution in [-0.4, -0.2) is 65.9 Å². The Hall–Kier alpha value is -4.05. The molecule has 10 heteroatoms. The van der Waals surface area contributed by atoms with Gasteiger partial charge in [-0.15, -0.1) is 0 Å². The maximum Gasteiger partial charge on any atom is 0.237 e. The Morgan fingerprint density at radius 2 is 2.03 bits per heavy atom. The molecule has 0 bridgehead atoms. The number of ether oxygens (including phenoxy) is 3. The molecule has 3 aromatic heterocycles. The summed E-state index contributed by atoms with van der Waals surface area (Å²) in [7, 11) is 1.69. The molecule has 0 amide bonds. The fourth-order valence-corrected chi connectivity index (χ4v) is 4.28. The summed E-state index contributed by atoms with van der Waals surface area (Å²) in [5, 5.41) is 6.76. The first kappa shape index (κ1) is 20.5. The SMILES string of the molecule is COc1cc(Nc2nc(-c3cnc4c(c3)NCCO4)cn3ccnc23)ccc1N1CCOCC1. The van der Waals surface area contributed by atoms with Crippen molar-refractivity contribution in [1.82, 2.24) is 19.4 Å². The number of hydrogen-bond donors (Lipinski definition) is 2. The number of fused-ring (bicyclic) bond motifs is 2. The van der Waals surface area contributed by atoms with Crippen LogP contribution in [0.3, 0.4) is 0 Å². The van der Waals surface area contributed by atoms with E-state index < -0.39 is 0 Å². The summed E-state index contributed by atoms with van der Waals surface area (Å²) in [5.74, 6) is 2.06. The molecule has 0 spiro atoms. The quantitative estimate of drug-likeness (QED) is 0.466. The van der Waals surface area contributed by atoms with Crippen molar-refractivity contribution in [2.24, 2.45) is 0 Å². The molecule has 2 aliphatic heterocycles. The lowest BCUT2D eigenvalue weighted by atomic mass is 10.2. The number of morpholine rings is 1. The molecule has 0 unspecified atom stereocenters. The van der Waals surface area contributed by atoms with E-state index in [0.29, 0.717) is 18.3 Å². The zero-order chi connectivity index (χ0) is 22.9. The van der Waals surface area contributed by atoms with Crippen LogP contribution in [0, 0.1) is 0 Å². The summed E-state index contributed by atoms with van der Waals surface area (Å²) in [6.07, 6.45) is 7.39. The van der Waals surface area contributed by atoms with E-state index in [-0.39, 0.29) is 0 Å². The third kappa shape index (κ3) is 3.81. The van der Waals surface area contributed by atoms with Crippen LogP contribution < -0.4 is 25.0 Å². The van der Waals surface area contributed by atoms with Crippen molar-refractivity contribution in [3.8, 4) is 22.9 Å². The summed E-state index contributed by atoms with van der Waals surface area (Å²) in [6, 6.07) is 8.10. The van der Waals surface area contributed by atoms with E-state index in [2.05, 4.69) is 31.6 Å². The molecule has 0 saturated carbocycles. The van der Waals surface area contributed by atoms with Crippen molar-refractivity contribution >= 4 is 28.5 Å². The maximum absolute atomic E-state index is 5.70. The Kier molecular flexibility index (Phi) is 5.27. The number of methoxy groups -OCH3 is 1. The van der Waals surface area contributed by atoms with Crippen molar-refractivity contribution in [2.75, 3.05) is 62.1 Å². The zero-order valence-electron chi connectivity index (χ0n) is 18.8. The van der Waals surface area contributed by atoms with Gasteiger partial charge in [0, 0.05) is 61.7 Å². The van der Waals surface area contributed by atoms with Gasteiger partial charge in [-0.05, 0) is 18.2 Å². The lowest BCUT2D eigenvalue weighted by molar-refractivity contribution is 0.122. The minimum Gasteiger partial charge on any atom is -0.495 e. The van der Waals surface area contributed by atoms with E-state index in [1.807, 2.05) is 35.0 Å². The molecule has 34 heavy (non-hydrogen) atoms. The smallest absolute Gasteiger partial charge is 0.237 e. The fraction of sp³-hybridized carbons (Fsp3) is 0.292. The minimum absolute atomic E-state index is 0.612. The third-order valence-corrected chi connectivity index (χ3v) is 5.97. The zero-order valence-corrected chi connectivity index (χ0v) is 18.8. The van der Waals surface area contributed by atoms with Crippen molar-refractivity contribution in [3.05, 3.63) is 49.1 Å². The number of aromatic nitrogens is 4. The molecule has 10 nitrogen and oxygen atoms in total. The van der Waals surface area contributed by atoms with Crippen molar-refractivity contribution in [1.29, 1.82) is 0 Å². The second-order valence-corrected chi connectivity index (χ2v) is 8.10. The second kappa shape index (κ2) is 8.71. The summed E-state index contributed by atoms with van der Waals surface area (Å²) < 4.78 is 18.7. The van der Waals surface area contributed by atoms with Gasteiger partial charge in [-0.3, -0.25) is 0 Å². The number of benzene rings is 1. The molecule has 5 heterocycles. The molecular formula is C24H25N7O3. The summed E-state index contributed by atoms with van der Waals surface area (Å²) in [5.41, 5.74) is 5.17. The average molecular weight is 460 g/mol.